The van der Waals surface area contributed by atoms with Gasteiger partial charge in [-0.3, -0.25) is 14.9 Å². The molecule has 1 aliphatic heterocycles. The number of rotatable bonds is 3. The van der Waals surface area contributed by atoms with Crippen molar-refractivity contribution in [1.82, 2.24) is 10.6 Å². The van der Waals surface area contributed by atoms with Gasteiger partial charge in [0.05, 0.1) is 12.2 Å². The molecule has 1 aromatic heterocycles. The van der Waals surface area contributed by atoms with Crippen molar-refractivity contribution in [1.29, 1.82) is 0 Å². The SMILES string of the molecule is CC(C)(C)OC(=O)NCc1ccc2c(C3CCC(=O)NC3=O)coc2c1. The molecular formula is C19H22N2O5. The molecule has 2 aromatic rings. The number of nitrogens with one attached hydrogen (secondary N) is 2. The van der Waals surface area contributed by atoms with E-state index in [2.05, 4.69) is 10.6 Å². The molecular weight excluding hydrogens is 336 g/mol. The first kappa shape index (κ1) is 18.0. The molecule has 7 heteroatoms. The van der Waals surface area contributed by atoms with E-state index in [1.165, 1.54) is 0 Å². The molecule has 1 atom stereocenters. The van der Waals surface area contributed by atoms with Gasteiger partial charge in [-0.2, -0.15) is 0 Å². The zero-order valence-electron chi connectivity index (χ0n) is 15.0. The number of fused-ring (bicyclic) bond motifs is 1. The van der Waals surface area contributed by atoms with E-state index in [4.69, 9.17) is 9.15 Å². The molecule has 138 valence electrons. The molecule has 1 saturated heterocycles. The largest absolute Gasteiger partial charge is 0.464 e. The summed E-state index contributed by atoms with van der Waals surface area (Å²) in [6.45, 7) is 5.72. The summed E-state index contributed by atoms with van der Waals surface area (Å²) in [4.78, 5) is 35.1. The average Bonchev–Trinajstić information content (AvgIpc) is 2.94. The van der Waals surface area contributed by atoms with Crippen molar-refractivity contribution in [2.45, 2.75) is 51.7 Å². The summed E-state index contributed by atoms with van der Waals surface area (Å²) in [7, 11) is 0. The average molecular weight is 358 g/mol. The van der Waals surface area contributed by atoms with E-state index in [9.17, 15) is 14.4 Å². The summed E-state index contributed by atoms with van der Waals surface area (Å²) in [6, 6.07) is 5.55. The maximum absolute atomic E-state index is 12.1. The van der Waals surface area contributed by atoms with Gasteiger partial charge in [0.25, 0.3) is 0 Å². The molecule has 26 heavy (non-hydrogen) atoms. The molecule has 1 unspecified atom stereocenters. The molecule has 3 rings (SSSR count). The summed E-state index contributed by atoms with van der Waals surface area (Å²) in [5.41, 5.74) is 1.71. The van der Waals surface area contributed by atoms with Crippen LogP contribution in [0.4, 0.5) is 4.79 Å². The second-order valence-electron chi connectivity index (χ2n) is 7.38. The number of carbonyl (C=O) groups is 3. The van der Waals surface area contributed by atoms with Crippen LogP contribution in [0.2, 0.25) is 0 Å². The Labute approximate surface area is 151 Å². The smallest absolute Gasteiger partial charge is 0.407 e. The highest BCUT2D eigenvalue weighted by Crippen LogP contribution is 2.32. The number of furan rings is 1. The van der Waals surface area contributed by atoms with Gasteiger partial charge in [0.2, 0.25) is 11.8 Å². The van der Waals surface area contributed by atoms with E-state index in [1.807, 2.05) is 18.2 Å². The second-order valence-corrected chi connectivity index (χ2v) is 7.38. The molecule has 2 N–H and O–H groups in total. The lowest BCUT2D eigenvalue weighted by Gasteiger charge is -2.20. The van der Waals surface area contributed by atoms with Crippen LogP contribution in [0.5, 0.6) is 0 Å². The maximum Gasteiger partial charge on any atom is 0.407 e. The van der Waals surface area contributed by atoms with Crippen molar-refractivity contribution in [3.05, 3.63) is 35.6 Å². The normalized spacial score (nSPS) is 17.9. The Morgan fingerprint density at radius 3 is 2.81 bits per heavy atom. The van der Waals surface area contributed by atoms with Gasteiger partial charge in [0.15, 0.2) is 0 Å². The van der Waals surface area contributed by atoms with Crippen LogP contribution in [0.1, 0.15) is 50.7 Å². The van der Waals surface area contributed by atoms with Crippen LogP contribution < -0.4 is 10.6 Å². The molecule has 1 aliphatic rings. The highest BCUT2D eigenvalue weighted by atomic mass is 16.6. The van der Waals surface area contributed by atoms with Crippen LogP contribution in [0.25, 0.3) is 11.0 Å². The van der Waals surface area contributed by atoms with Crippen molar-refractivity contribution in [3.8, 4) is 0 Å². The number of piperidine rings is 1. The van der Waals surface area contributed by atoms with Crippen LogP contribution in [0, 0.1) is 0 Å². The second kappa shape index (κ2) is 6.82. The Morgan fingerprint density at radius 1 is 1.35 bits per heavy atom. The van der Waals surface area contributed by atoms with Gasteiger partial charge < -0.3 is 14.5 Å². The topological polar surface area (TPSA) is 97.6 Å². The summed E-state index contributed by atoms with van der Waals surface area (Å²) < 4.78 is 10.8. The quantitative estimate of drug-likeness (QED) is 0.822. The molecule has 3 amide bonds. The van der Waals surface area contributed by atoms with Crippen molar-refractivity contribution in [2.24, 2.45) is 0 Å². The van der Waals surface area contributed by atoms with Crippen LogP contribution >= 0.6 is 0 Å². The van der Waals surface area contributed by atoms with E-state index < -0.39 is 11.7 Å². The third-order valence-corrected chi connectivity index (χ3v) is 4.12. The van der Waals surface area contributed by atoms with E-state index in [-0.39, 0.29) is 17.7 Å². The molecule has 0 radical (unpaired) electrons. The lowest BCUT2D eigenvalue weighted by Crippen LogP contribution is -2.39. The summed E-state index contributed by atoms with van der Waals surface area (Å²) in [5.74, 6) is -0.922. The first-order chi connectivity index (χ1) is 12.2. The zero-order chi connectivity index (χ0) is 18.9. The zero-order valence-corrected chi connectivity index (χ0v) is 15.0. The Bertz CT molecular complexity index is 862. The predicted molar refractivity (Wildman–Crippen MR) is 94.4 cm³/mol. The minimum absolute atomic E-state index is 0.241. The summed E-state index contributed by atoms with van der Waals surface area (Å²) >= 11 is 0. The number of amides is 3. The molecule has 0 spiro atoms. The predicted octanol–water partition coefficient (Wildman–Crippen LogP) is 2.98. The third kappa shape index (κ3) is 4.04. The lowest BCUT2D eigenvalue weighted by molar-refractivity contribution is -0.134. The van der Waals surface area contributed by atoms with Crippen LogP contribution in [-0.2, 0) is 20.9 Å². The Morgan fingerprint density at radius 2 is 2.12 bits per heavy atom. The van der Waals surface area contributed by atoms with E-state index in [1.54, 1.807) is 27.0 Å². The molecule has 1 fully saturated rings. The fraction of sp³-hybridized carbons (Fsp3) is 0.421. The van der Waals surface area contributed by atoms with Crippen LogP contribution in [0.3, 0.4) is 0 Å². The highest BCUT2D eigenvalue weighted by Gasteiger charge is 2.30. The van der Waals surface area contributed by atoms with Gasteiger partial charge in [-0.1, -0.05) is 12.1 Å². The lowest BCUT2D eigenvalue weighted by atomic mass is 9.90. The molecule has 2 heterocycles. The minimum atomic E-state index is -0.550. The Hall–Kier alpha value is -2.83. The third-order valence-electron chi connectivity index (χ3n) is 4.12. The fourth-order valence-electron chi connectivity index (χ4n) is 2.95. The number of ether oxygens (including phenoxy) is 1. The summed E-state index contributed by atoms with van der Waals surface area (Å²) in [5, 5.41) is 5.90. The Balaban J connectivity index is 1.72. The standard InChI is InChI=1S/C19H22N2O5/c1-19(2,3)26-18(24)20-9-11-4-5-12-14(10-25-15(12)8-11)13-6-7-16(22)21-17(13)23/h4-5,8,10,13H,6-7,9H2,1-3H3,(H,20,24)(H,21,22,23). The number of hydrogen-bond donors (Lipinski definition) is 2. The van der Waals surface area contributed by atoms with Crippen molar-refractivity contribution < 1.29 is 23.5 Å². The fourth-order valence-corrected chi connectivity index (χ4v) is 2.95. The molecule has 0 aliphatic carbocycles. The first-order valence-electron chi connectivity index (χ1n) is 8.53. The molecule has 7 nitrogen and oxygen atoms in total. The van der Waals surface area contributed by atoms with E-state index in [0.717, 1.165) is 16.5 Å². The van der Waals surface area contributed by atoms with Crippen LogP contribution in [0.15, 0.2) is 28.9 Å². The highest BCUT2D eigenvalue weighted by molar-refractivity contribution is 6.02. The first-order valence-corrected chi connectivity index (χ1v) is 8.53. The number of hydrogen-bond acceptors (Lipinski definition) is 5. The van der Waals surface area contributed by atoms with Gasteiger partial charge in [0.1, 0.15) is 11.2 Å². The Kier molecular flexibility index (Phi) is 4.71. The molecule has 0 saturated carbocycles. The van der Waals surface area contributed by atoms with E-state index >= 15 is 0 Å². The van der Waals surface area contributed by atoms with Gasteiger partial charge in [-0.15, -0.1) is 0 Å². The van der Waals surface area contributed by atoms with Gasteiger partial charge in [-0.05, 0) is 38.8 Å². The minimum Gasteiger partial charge on any atom is -0.464 e. The summed E-state index contributed by atoms with van der Waals surface area (Å²) in [6.07, 6.45) is 1.87. The number of carbonyl (C=O) groups excluding carboxylic acids is 3. The van der Waals surface area contributed by atoms with Crippen molar-refractivity contribution in [3.63, 3.8) is 0 Å². The molecule has 1 aromatic carbocycles. The van der Waals surface area contributed by atoms with Crippen molar-refractivity contribution >= 4 is 28.9 Å². The number of alkyl carbamates (subject to hydrolysis) is 1. The van der Waals surface area contributed by atoms with Gasteiger partial charge in [0, 0.05) is 23.9 Å². The number of imide groups is 1. The van der Waals surface area contributed by atoms with Gasteiger partial charge in [-0.25, -0.2) is 4.79 Å². The van der Waals surface area contributed by atoms with Crippen molar-refractivity contribution in [2.75, 3.05) is 0 Å². The number of benzene rings is 1. The molecule has 0 bridgehead atoms. The monoisotopic (exact) mass is 358 g/mol. The van der Waals surface area contributed by atoms with Gasteiger partial charge >= 0.3 is 6.09 Å². The maximum atomic E-state index is 12.1. The van der Waals surface area contributed by atoms with E-state index in [0.29, 0.717) is 25.0 Å². The van der Waals surface area contributed by atoms with Crippen LogP contribution in [-0.4, -0.2) is 23.5 Å².